The molecule has 0 aliphatic heterocycles. The van der Waals surface area contributed by atoms with Crippen molar-refractivity contribution < 1.29 is 17.9 Å². The fraction of sp³-hybridized carbons (Fsp3) is 0.538. The summed E-state index contributed by atoms with van der Waals surface area (Å²) in [5.41, 5.74) is 4.63. The maximum absolute atomic E-state index is 13.9. The Morgan fingerprint density at radius 3 is 2.27 bits per heavy atom. The zero-order chi connectivity index (χ0) is 25.1. The van der Waals surface area contributed by atoms with Crippen molar-refractivity contribution >= 4 is 21.2 Å². The Hall–Kier alpha value is -2.41. The molecule has 0 aliphatic rings. The van der Waals surface area contributed by atoms with E-state index in [1.807, 2.05) is 48.5 Å². The van der Waals surface area contributed by atoms with Crippen LogP contribution < -0.4 is 4.74 Å². The summed E-state index contributed by atoms with van der Waals surface area (Å²) in [4.78, 5) is 14.1. The Morgan fingerprint density at radius 1 is 1.12 bits per heavy atom. The highest BCUT2D eigenvalue weighted by Crippen LogP contribution is 2.34. The van der Waals surface area contributed by atoms with Crippen LogP contribution in [-0.4, -0.2) is 36.3 Å². The van der Waals surface area contributed by atoms with Gasteiger partial charge >= 0.3 is 0 Å². The first-order valence-electron chi connectivity index (χ1n) is 11.6. The van der Waals surface area contributed by atoms with Gasteiger partial charge in [0.05, 0.1) is 16.7 Å². The van der Waals surface area contributed by atoms with E-state index in [4.69, 9.17) is 4.74 Å². The molecule has 0 saturated carbocycles. The Morgan fingerprint density at radius 2 is 1.76 bits per heavy atom. The van der Waals surface area contributed by atoms with Crippen molar-refractivity contribution in [1.82, 2.24) is 9.78 Å². The van der Waals surface area contributed by atoms with E-state index in [9.17, 15) is 13.2 Å². The molecular weight excluding hydrogens is 436 g/mol. The first-order chi connectivity index (χ1) is 15.3. The molecule has 1 heterocycles. The average Bonchev–Trinajstić information content (AvgIpc) is 3.04. The largest absolute Gasteiger partial charge is 0.474 e. The van der Waals surface area contributed by atoms with Crippen molar-refractivity contribution in [3.63, 3.8) is 0 Å². The number of ketones is 1. The van der Waals surface area contributed by atoms with Gasteiger partial charge < -0.3 is 4.74 Å². The fourth-order valence-corrected chi connectivity index (χ4v) is 4.76. The van der Waals surface area contributed by atoms with Crippen LogP contribution in [0.4, 0.5) is 0 Å². The Kier molecular flexibility index (Phi) is 8.69. The van der Waals surface area contributed by atoms with E-state index < -0.39 is 9.84 Å². The molecule has 0 radical (unpaired) electrons. The molecule has 1 atom stereocenters. The molecule has 182 valence electrons. The van der Waals surface area contributed by atoms with Crippen LogP contribution in [0.25, 0.3) is 5.57 Å². The highest BCUT2D eigenvalue weighted by Gasteiger charge is 2.28. The highest BCUT2D eigenvalue weighted by atomic mass is 32.2. The number of carbonyl (C=O) groups excluding carboxylic acids is 1. The molecule has 1 aromatic carbocycles. The Labute approximate surface area is 199 Å². The minimum absolute atomic E-state index is 0.0646. The molecule has 7 heteroatoms. The molecular formula is C26H38N2O4S. The van der Waals surface area contributed by atoms with Gasteiger partial charge in [0.2, 0.25) is 11.7 Å². The molecule has 0 saturated heterocycles. The zero-order valence-electron chi connectivity index (χ0n) is 21.5. The SMILES string of the molecule is CCCCn1nc(C)c(C(=O)c2ccc(S(C)(=O)=O)c(C(C)=C(C)C)c2C)c1OC(C)CC. The van der Waals surface area contributed by atoms with Crippen LogP contribution in [0.5, 0.6) is 5.88 Å². The molecule has 6 nitrogen and oxygen atoms in total. The maximum Gasteiger partial charge on any atom is 0.223 e. The maximum atomic E-state index is 13.9. The highest BCUT2D eigenvalue weighted by molar-refractivity contribution is 7.90. The van der Waals surface area contributed by atoms with E-state index in [0.717, 1.165) is 30.4 Å². The van der Waals surface area contributed by atoms with Crippen LogP contribution in [-0.2, 0) is 16.4 Å². The van der Waals surface area contributed by atoms with Gasteiger partial charge in [0.1, 0.15) is 5.56 Å². The number of hydrogen-bond acceptors (Lipinski definition) is 5. The molecule has 2 aromatic rings. The van der Waals surface area contributed by atoms with E-state index in [-0.39, 0.29) is 16.8 Å². The second-order valence-electron chi connectivity index (χ2n) is 9.02. The van der Waals surface area contributed by atoms with Crippen molar-refractivity contribution in [2.24, 2.45) is 0 Å². The van der Waals surface area contributed by atoms with Crippen LogP contribution in [0, 0.1) is 13.8 Å². The minimum Gasteiger partial charge on any atom is -0.474 e. The quantitative estimate of drug-likeness (QED) is 0.399. The van der Waals surface area contributed by atoms with Gasteiger partial charge in [-0.25, -0.2) is 13.1 Å². The monoisotopic (exact) mass is 474 g/mol. The molecule has 0 bridgehead atoms. The number of hydrogen-bond donors (Lipinski definition) is 0. The van der Waals surface area contributed by atoms with E-state index in [2.05, 4.69) is 12.0 Å². The molecule has 2 rings (SSSR count). The number of sulfone groups is 1. The van der Waals surface area contributed by atoms with Crippen molar-refractivity contribution in [1.29, 1.82) is 0 Å². The number of aromatic nitrogens is 2. The topological polar surface area (TPSA) is 78.3 Å². The molecule has 0 N–H and O–H groups in total. The number of benzene rings is 1. The summed E-state index contributed by atoms with van der Waals surface area (Å²) < 4.78 is 33.0. The molecule has 0 amide bonds. The van der Waals surface area contributed by atoms with Gasteiger partial charge in [-0.2, -0.15) is 5.10 Å². The lowest BCUT2D eigenvalue weighted by atomic mass is 9.91. The summed E-state index contributed by atoms with van der Waals surface area (Å²) in [5, 5.41) is 4.62. The van der Waals surface area contributed by atoms with Crippen molar-refractivity contribution in [3.8, 4) is 5.88 Å². The van der Waals surface area contributed by atoms with Crippen molar-refractivity contribution in [2.45, 2.75) is 92.2 Å². The van der Waals surface area contributed by atoms with E-state index in [1.54, 1.807) is 16.8 Å². The lowest BCUT2D eigenvalue weighted by molar-refractivity contribution is 0.102. The number of rotatable bonds is 10. The summed E-state index contributed by atoms with van der Waals surface area (Å²) in [6, 6.07) is 3.16. The van der Waals surface area contributed by atoms with E-state index in [0.29, 0.717) is 40.4 Å². The van der Waals surface area contributed by atoms with Crippen LogP contribution in [0.2, 0.25) is 0 Å². The molecule has 1 aromatic heterocycles. The summed E-state index contributed by atoms with van der Waals surface area (Å²) in [5.74, 6) is 0.293. The summed E-state index contributed by atoms with van der Waals surface area (Å²) in [7, 11) is -3.47. The first kappa shape index (κ1) is 26.8. The van der Waals surface area contributed by atoms with Gasteiger partial charge in [-0.05, 0) is 83.2 Å². The smallest absolute Gasteiger partial charge is 0.223 e. The molecule has 1 unspecified atom stereocenters. The zero-order valence-corrected chi connectivity index (χ0v) is 22.3. The van der Waals surface area contributed by atoms with Gasteiger partial charge in [0.25, 0.3) is 0 Å². The third kappa shape index (κ3) is 5.75. The van der Waals surface area contributed by atoms with Gasteiger partial charge in [0.15, 0.2) is 9.84 Å². The number of allylic oxidation sites excluding steroid dienone is 2. The Bertz CT molecular complexity index is 1170. The predicted octanol–water partition coefficient (Wildman–Crippen LogP) is 5.93. The number of ether oxygens (including phenoxy) is 1. The average molecular weight is 475 g/mol. The second kappa shape index (κ2) is 10.7. The number of unbranched alkanes of at least 4 members (excludes halogenated alkanes) is 1. The fourth-order valence-electron chi connectivity index (χ4n) is 3.77. The molecule has 0 aliphatic carbocycles. The van der Waals surface area contributed by atoms with Gasteiger partial charge in [0, 0.05) is 18.4 Å². The first-order valence-corrected chi connectivity index (χ1v) is 13.5. The molecule has 0 spiro atoms. The third-order valence-corrected chi connectivity index (χ3v) is 7.25. The van der Waals surface area contributed by atoms with Crippen LogP contribution in [0.15, 0.2) is 22.6 Å². The van der Waals surface area contributed by atoms with Crippen LogP contribution in [0.1, 0.15) is 93.5 Å². The number of carbonyl (C=O) groups is 1. The second-order valence-corrected chi connectivity index (χ2v) is 11.0. The Balaban J connectivity index is 2.77. The van der Waals surface area contributed by atoms with Crippen molar-refractivity contribution in [3.05, 3.63) is 45.7 Å². The lowest BCUT2D eigenvalue weighted by Crippen LogP contribution is -2.17. The number of nitrogens with zero attached hydrogens (tertiary/aromatic N) is 2. The summed E-state index contributed by atoms with van der Waals surface area (Å²) >= 11 is 0. The van der Waals surface area contributed by atoms with Crippen molar-refractivity contribution in [2.75, 3.05) is 6.26 Å². The minimum atomic E-state index is -3.47. The molecule has 33 heavy (non-hydrogen) atoms. The normalized spacial score (nSPS) is 12.5. The standard InChI is InChI=1S/C26H38N2O4S/c1-10-12-15-28-26(32-17(5)11-2)24(20(8)27-28)25(29)21-13-14-22(33(9,30)31)23(19(21)7)18(6)16(3)4/h13-14,17H,10-12,15H2,1-9H3. The van der Waals surface area contributed by atoms with Crippen LogP contribution in [0.3, 0.4) is 0 Å². The third-order valence-electron chi connectivity index (χ3n) is 6.11. The van der Waals surface area contributed by atoms with Gasteiger partial charge in [-0.1, -0.05) is 25.8 Å². The summed E-state index contributed by atoms with van der Waals surface area (Å²) in [6.45, 7) is 16.2. The van der Waals surface area contributed by atoms with Gasteiger partial charge in [-0.3, -0.25) is 4.79 Å². The van der Waals surface area contributed by atoms with Gasteiger partial charge in [-0.15, -0.1) is 0 Å². The lowest BCUT2D eigenvalue weighted by Gasteiger charge is -2.18. The van der Waals surface area contributed by atoms with Crippen LogP contribution >= 0.6 is 0 Å². The molecule has 0 fully saturated rings. The van der Waals surface area contributed by atoms with E-state index >= 15 is 0 Å². The van der Waals surface area contributed by atoms with E-state index in [1.165, 1.54) is 6.26 Å². The number of aryl methyl sites for hydroxylation is 2. The predicted molar refractivity (Wildman–Crippen MR) is 134 cm³/mol. The summed E-state index contributed by atoms with van der Waals surface area (Å²) in [6.07, 6.45) is 3.87.